The van der Waals surface area contributed by atoms with Crippen LogP contribution in [0.15, 0.2) is 18.2 Å². The number of unbranched alkanes of at least 4 members (excludes halogenated alkanes) is 1. The van der Waals surface area contributed by atoms with E-state index in [0.717, 1.165) is 25.0 Å². The monoisotopic (exact) mass is 417 g/mol. The molecule has 3 nitrogen and oxygen atoms in total. The summed E-state index contributed by atoms with van der Waals surface area (Å²) in [5.74, 6) is 0.882. The van der Waals surface area contributed by atoms with Crippen molar-refractivity contribution in [3.8, 4) is 5.75 Å². The summed E-state index contributed by atoms with van der Waals surface area (Å²) in [5, 5.41) is 11.6. The van der Waals surface area contributed by atoms with Crippen LogP contribution in [-0.2, 0) is 10.8 Å². The van der Waals surface area contributed by atoms with Crippen molar-refractivity contribution in [2.45, 2.75) is 90.3 Å². The molecule has 0 fully saturated rings. The highest BCUT2D eigenvalue weighted by atomic mass is 19.4. The van der Waals surface area contributed by atoms with E-state index in [1.165, 1.54) is 11.1 Å². The molecule has 0 heterocycles. The summed E-state index contributed by atoms with van der Waals surface area (Å²) < 4.78 is 42.8. The van der Waals surface area contributed by atoms with E-state index in [-0.39, 0.29) is 10.8 Å². The van der Waals surface area contributed by atoms with Gasteiger partial charge < -0.3 is 15.2 Å². The topological polar surface area (TPSA) is 41.5 Å². The number of aliphatic hydroxyl groups is 1. The Hall–Kier alpha value is -1.27. The van der Waals surface area contributed by atoms with Crippen molar-refractivity contribution >= 4 is 0 Å². The van der Waals surface area contributed by atoms with Crippen molar-refractivity contribution < 1.29 is 23.0 Å². The molecule has 0 saturated heterocycles. The van der Waals surface area contributed by atoms with Gasteiger partial charge in [-0.3, -0.25) is 0 Å². The van der Waals surface area contributed by atoms with Crippen LogP contribution in [0.2, 0.25) is 0 Å². The fraction of sp³-hybridized carbons (Fsp3) is 0.739. The second-order valence-electron chi connectivity index (χ2n) is 9.00. The van der Waals surface area contributed by atoms with Crippen LogP contribution in [0.4, 0.5) is 13.2 Å². The van der Waals surface area contributed by atoms with Crippen molar-refractivity contribution in [2.24, 2.45) is 0 Å². The summed E-state index contributed by atoms with van der Waals surface area (Å²) >= 11 is 0. The maximum absolute atomic E-state index is 12.2. The van der Waals surface area contributed by atoms with E-state index in [1.54, 1.807) is 0 Å². The third-order valence-corrected chi connectivity index (χ3v) is 5.98. The van der Waals surface area contributed by atoms with Crippen LogP contribution in [0, 0.1) is 0 Å². The average Bonchev–Trinajstić information content (AvgIpc) is 2.66. The molecular formula is C23H38F3NO2. The van der Waals surface area contributed by atoms with Crippen LogP contribution in [-0.4, -0.2) is 37.1 Å². The molecule has 168 valence electrons. The summed E-state index contributed by atoms with van der Waals surface area (Å²) in [6.45, 7) is 13.7. The molecule has 1 aromatic carbocycles. The van der Waals surface area contributed by atoms with Gasteiger partial charge in [0.2, 0.25) is 0 Å². The van der Waals surface area contributed by atoms with E-state index in [1.807, 2.05) is 0 Å². The number of hydrogen-bond donors (Lipinski definition) is 2. The van der Waals surface area contributed by atoms with Gasteiger partial charge in [-0.05, 0) is 54.7 Å². The molecule has 0 bridgehead atoms. The van der Waals surface area contributed by atoms with Crippen molar-refractivity contribution in [3.05, 3.63) is 29.3 Å². The van der Waals surface area contributed by atoms with Gasteiger partial charge >= 0.3 is 6.18 Å². The minimum Gasteiger partial charge on any atom is -0.493 e. The molecule has 0 aliphatic carbocycles. The molecule has 0 amide bonds. The van der Waals surface area contributed by atoms with Crippen molar-refractivity contribution in [2.75, 3.05) is 19.7 Å². The highest BCUT2D eigenvalue weighted by Crippen LogP contribution is 2.38. The Morgan fingerprint density at radius 1 is 1.00 bits per heavy atom. The number of hydrogen-bond acceptors (Lipinski definition) is 3. The summed E-state index contributed by atoms with van der Waals surface area (Å²) in [5.41, 5.74) is 2.59. The van der Waals surface area contributed by atoms with Crippen LogP contribution in [0.1, 0.15) is 78.4 Å². The lowest BCUT2D eigenvalue weighted by Gasteiger charge is -2.30. The predicted molar refractivity (Wildman–Crippen MR) is 113 cm³/mol. The summed E-state index contributed by atoms with van der Waals surface area (Å²) in [7, 11) is 0. The zero-order valence-corrected chi connectivity index (χ0v) is 18.7. The lowest BCUT2D eigenvalue weighted by atomic mass is 9.76. The van der Waals surface area contributed by atoms with Gasteiger partial charge in [-0.15, -0.1) is 0 Å². The highest BCUT2D eigenvalue weighted by Gasteiger charge is 2.37. The van der Waals surface area contributed by atoms with E-state index < -0.39 is 18.8 Å². The molecule has 0 unspecified atom stereocenters. The molecule has 29 heavy (non-hydrogen) atoms. The first-order chi connectivity index (χ1) is 13.3. The molecular weight excluding hydrogens is 379 g/mol. The molecule has 0 aliphatic rings. The first-order valence-electron chi connectivity index (χ1n) is 10.6. The second-order valence-corrected chi connectivity index (χ2v) is 9.00. The van der Waals surface area contributed by atoms with Crippen LogP contribution < -0.4 is 10.1 Å². The first kappa shape index (κ1) is 25.8. The normalized spacial score (nSPS) is 14.1. The Balaban J connectivity index is 2.63. The molecule has 0 aromatic heterocycles. The Morgan fingerprint density at radius 3 is 2.17 bits per heavy atom. The van der Waals surface area contributed by atoms with Gasteiger partial charge in [0, 0.05) is 12.1 Å². The Labute approximate surface area is 174 Å². The number of aliphatic hydroxyl groups excluding tert-OH is 1. The number of nitrogens with one attached hydrogen (secondary N) is 1. The van der Waals surface area contributed by atoms with E-state index >= 15 is 0 Å². The molecule has 0 aliphatic heterocycles. The van der Waals surface area contributed by atoms with Crippen molar-refractivity contribution in [3.63, 3.8) is 0 Å². The lowest BCUT2D eigenvalue weighted by Crippen LogP contribution is -2.38. The molecule has 1 atom stereocenters. The number of rotatable bonds is 12. The summed E-state index contributed by atoms with van der Waals surface area (Å²) in [6, 6.07) is 6.45. The van der Waals surface area contributed by atoms with Crippen LogP contribution >= 0.6 is 0 Å². The van der Waals surface area contributed by atoms with E-state index in [2.05, 4.69) is 65.1 Å². The van der Waals surface area contributed by atoms with Crippen LogP contribution in [0.25, 0.3) is 0 Å². The molecule has 1 aromatic rings. The molecule has 0 radical (unpaired) electrons. The minimum absolute atomic E-state index is 0.00947. The van der Waals surface area contributed by atoms with Gasteiger partial charge in [-0.1, -0.05) is 53.7 Å². The van der Waals surface area contributed by atoms with Gasteiger partial charge in [0.1, 0.15) is 5.75 Å². The molecule has 2 N–H and O–H groups in total. The number of halogens is 3. The first-order valence-corrected chi connectivity index (χ1v) is 10.6. The van der Waals surface area contributed by atoms with Gasteiger partial charge in [0.25, 0.3) is 0 Å². The molecule has 0 saturated carbocycles. The van der Waals surface area contributed by atoms with Crippen LogP contribution in [0.3, 0.4) is 0 Å². The smallest absolute Gasteiger partial charge is 0.415 e. The van der Waals surface area contributed by atoms with E-state index in [0.29, 0.717) is 19.6 Å². The largest absolute Gasteiger partial charge is 0.493 e. The third-order valence-electron chi connectivity index (χ3n) is 5.98. The zero-order chi connectivity index (χ0) is 22.3. The maximum atomic E-state index is 12.2. The molecule has 0 spiro atoms. The Morgan fingerprint density at radius 2 is 1.62 bits per heavy atom. The second kappa shape index (κ2) is 10.7. The number of ether oxygens (including phenoxy) is 1. The highest BCUT2D eigenvalue weighted by molar-refractivity contribution is 5.44. The van der Waals surface area contributed by atoms with Gasteiger partial charge in [0.15, 0.2) is 6.10 Å². The zero-order valence-electron chi connectivity index (χ0n) is 18.7. The fourth-order valence-electron chi connectivity index (χ4n) is 2.89. The minimum atomic E-state index is -4.57. The quantitative estimate of drug-likeness (QED) is 0.427. The maximum Gasteiger partial charge on any atom is 0.415 e. The fourth-order valence-corrected chi connectivity index (χ4v) is 2.89. The van der Waals surface area contributed by atoms with Crippen LogP contribution in [0.5, 0.6) is 5.75 Å². The average molecular weight is 418 g/mol. The summed E-state index contributed by atoms with van der Waals surface area (Å²) in [4.78, 5) is 0. The SMILES string of the molecule is CCC(C)(C)c1ccc(OCCCCNC[C@H](O)C(F)(F)F)c(C(C)(C)CC)c1. The number of alkyl halides is 3. The van der Waals surface area contributed by atoms with Crippen molar-refractivity contribution in [1.82, 2.24) is 5.32 Å². The lowest BCUT2D eigenvalue weighted by molar-refractivity contribution is -0.201. The predicted octanol–water partition coefficient (Wildman–Crippen LogP) is 5.73. The van der Waals surface area contributed by atoms with E-state index in [4.69, 9.17) is 9.84 Å². The molecule has 6 heteroatoms. The van der Waals surface area contributed by atoms with Gasteiger partial charge in [-0.25, -0.2) is 0 Å². The summed E-state index contributed by atoms with van der Waals surface area (Å²) in [6.07, 6.45) is -3.44. The van der Waals surface area contributed by atoms with Crippen molar-refractivity contribution in [1.29, 1.82) is 0 Å². The third kappa shape index (κ3) is 7.82. The van der Waals surface area contributed by atoms with E-state index in [9.17, 15) is 13.2 Å². The Kier molecular flexibility index (Phi) is 9.48. The van der Waals surface area contributed by atoms with Gasteiger partial charge in [0.05, 0.1) is 6.61 Å². The number of benzene rings is 1. The molecule has 1 rings (SSSR count). The van der Waals surface area contributed by atoms with Gasteiger partial charge in [-0.2, -0.15) is 13.2 Å². The standard InChI is InChI=1S/C23H38F3NO2/c1-7-21(3,4)17-11-12-19(18(15-17)22(5,6)8-2)29-14-10-9-13-27-16-20(28)23(24,25)26/h11-12,15,20,27-28H,7-10,13-14,16H2,1-6H3/t20-/m0/s1. The Bertz CT molecular complexity index is 627.